The van der Waals surface area contributed by atoms with Gasteiger partial charge < -0.3 is 9.13 Å². The quantitative estimate of drug-likeness (QED) is 0.145. The minimum atomic E-state index is 0.213. The molecule has 0 saturated carbocycles. The normalized spacial score (nSPS) is 10.7. The van der Waals surface area contributed by atoms with E-state index in [9.17, 15) is 47.4 Å². The highest BCUT2D eigenvalue weighted by molar-refractivity contribution is 6.13. The molecule has 0 spiro atoms. The first-order valence-corrected chi connectivity index (χ1v) is 25.4. The molecular weight excluding hydrogens is 1010 g/mol. The third-order valence-electron chi connectivity index (χ3n) is 14.6. The van der Waals surface area contributed by atoms with Crippen molar-refractivity contribution in [1.82, 2.24) is 19.1 Å². The second-order valence-corrected chi connectivity index (χ2v) is 19.7. The molecular formula is C69H33N13. The summed E-state index contributed by atoms with van der Waals surface area (Å²) in [6, 6.07) is 69.1. The number of fused-ring (bicyclic) bond motifs is 6. The van der Waals surface area contributed by atoms with E-state index in [0.29, 0.717) is 145 Å². The zero-order valence-corrected chi connectivity index (χ0v) is 43.4. The molecule has 3 aromatic heterocycles. The van der Waals surface area contributed by atoms with Crippen LogP contribution < -0.4 is 0 Å². The average molecular weight is 1040 g/mol. The molecule has 0 amide bonds. The van der Waals surface area contributed by atoms with Crippen LogP contribution in [0.3, 0.4) is 0 Å². The lowest BCUT2D eigenvalue weighted by atomic mass is 9.98. The molecule has 0 bridgehead atoms. The Labute approximate surface area is 468 Å². The summed E-state index contributed by atoms with van der Waals surface area (Å²) in [5.74, 6) is 0.373. The van der Waals surface area contributed by atoms with Gasteiger partial charge in [0.05, 0.1) is 127 Å². The van der Waals surface area contributed by atoms with Gasteiger partial charge in [-0.2, -0.15) is 47.4 Å². The average Bonchev–Trinajstić information content (AvgIpc) is 2.62. The number of benzene rings is 9. The zero-order valence-electron chi connectivity index (χ0n) is 43.4. The maximum atomic E-state index is 12.1. The van der Waals surface area contributed by atoms with Crippen LogP contribution in [0.1, 0.15) is 61.5 Å². The van der Waals surface area contributed by atoms with Crippen LogP contribution in [-0.2, 0) is 0 Å². The van der Waals surface area contributed by atoms with Gasteiger partial charge in [0.2, 0.25) is 0 Å². The molecule has 374 valence electrons. The molecule has 13 nitrogen and oxygen atoms in total. The van der Waals surface area contributed by atoms with Gasteiger partial charge in [-0.1, -0.05) is 48.5 Å². The van der Waals surface area contributed by atoms with Crippen LogP contribution in [0.5, 0.6) is 0 Å². The van der Waals surface area contributed by atoms with Crippen LogP contribution in [0.25, 0.3) is 111 Å². The topological polar surface area (TPSA) is 250 Å². The Morgan fingerprint density at radius 2 is 0.524 bits per heavy atom. The Bertz CT molecular complexity index is 4550. The predicted octanol–water partition coefficient (Wildman–Crippen LogP) is 14.5. The highest BCUT2D eigenvalue weighted by atomic mass is 15.0. The molecule has 82 heavy (non-hydrogen) atoms. The Morgan fingerprint density at radius 1 is 0.268 bits per heavy atom. The second-order valence-electron chi connectivity index (χ2n) is 19.7. The van der Waals surface area contributed by atoms with E-state index in [-0.39, 0.29) is 5.56 Å². The van der Waals surface area contributed by atoms with Crippen LogP contribution in [0.2, 0.25) is 0 Å². The summed E-state index contributed by atoms with van der Waals surface area (Å²) >= 11 is 0. The monoisotopic (exact) mass is 1040 g/mol. The third-order valence-corrected chi connectivity index (χ3v) is 14.6. The van der Waals surface area contributed by atoms with Crippen LogP contribution >= 0.6 is 0 Å². The van der Waals surface area contributed by atoms with Crippen LogP contribution in [0, 0.1) is 116 Å². The minimum Gasteiger partial charge on any atom is -0.308 e. The highest BCUT2D eigenvalue weighted by Crippen LogP contribution is 2.44. The van der Waals surface area contributed by atoms with Crippen molar-refractivity contribution in [3.63, 3.8) is 0 Å². The van der Waals surface area contributed by atoms with Gasteiger partial charge in [-0.3, -0.25) is 0 Å². The lowest BCUT2D eigenvalue weighted by molar-refractivity contribution is 1.05. The molecule has 0 atom stereocenters. The van der Waals surface area contributed by atoms with Crippen LogP contribution in [0.15, 0.2) is 164 Å². The first-order chi connectivity index (χ1) is 39.9. The van der Waals surface area contributed by atoms with Gasteiger partial charge in [-0.25, -0.2) is 9.97 Å². The molecule has 0 aliphatic carbocycles. The molecule has 9 aromatic carbocycles. The SMILES string of the molecule is Cc1cc(C)nc(-c2cc(-n3c4cc(-c5cc(C#N)cc(C#N)c5)ccc4c4ccc(-c5cc(C#N)cc(C#N)c5)cc43)c(C#N)c(-n3c4cc(-c5cc(C#N)cc(C#N)c5)ccc4c4ccc(-c5cc(C#N)cc(C#N)c5)cc43)c2)n1. The van der Waals surface area contributed by atoms with E-state index in [2.05, 4.69) is 54.6 Å². The van der Waals surface area contributed by atoms with Gasteiger partial charge in [-0.05, 0) is 174 Å². The predicted molar refractivity (Wildman–Crippen MR) is 310 cm³/mol. The summed E-state index contributed by atoms with van der Waals surface area (Å²) in [5.41, 5.74) is 13.2. The molecule has 3 heterocycles. The van der Waals surface area contributed by atoms with E-state index < -0.39 is 0 Å². The molecule has 0 aliphatic heterocycles. The molecule has 12 aromatic rings. The molecule has 0 N–H and O–H groups in total. The summed E-state index contributed by atoms with van der Waals surface area (Å²) in [6.07, 6.45) is 0. The van der Waals surface area contributed by atoms with Gasteiger partial charge in [0, 0.05) is 38.5 Å². The lowest BCUT2D eigenvalue weighted by Crippen LogP contribution is -2.06. The number of rotatable bonds is 7. The number of hydrogen-bond acceptors (Lipinski definition) is 11. The molecule has 0 unspecified atom stereocenters. The fraction of sp³-hybridized carbons (Fsp3) is 0.0290. The van der Waals surface area contributed by atoms with Crippen molar-refractivity contribution in [2.24, 2.45) is 0 Å². The molecule has 0 fully saturated rings. The Hall–Kier alpha value is -12.9. The fourth-order valence-corrected chi connectivity index (χ4v) is 11.0. The largest absolute Gasteiger partial charge is 0.308 e. The number of hydrogen-bond donors (Lipinski definition) is 0. The Kier molecular flexibility index (Phi) is 12.1. The molecule has 0 saturated heterocycles. The van der Waals surface area contributed by atoms with E-state index in [0.717, 1.165) is 21.5 Å². The number of aromatic nitrogens is 4. The van der Waals surface area contributed by atoms with Gasteiger partial charge >= 0.3 is 0 Å². The summed E-state index contributed by atoms with van der Waals surface area (Å²) < 4.78 is 4.01. The lowest BCUT2D eigenvalue weighted by Gasteiger charge is -2.19. The maximum Gasteiger partial charge on any atom is 0.159 e. The van der Waals surface area contributed by atoms with Gasteiger partial charge in [-0.15, -0.1) is 0 Å². The Balaban J connectivity index is 1.25. The van der Waals surface area contributed by atoms with Crippen molar-refractivity contribution in [1.29, 1.82) is 47.4 Å². The summed E-state index contributed by atoms with van der Waals surface area (Å²) in [6.45, 7) is 3.76. The Morgan fingerprint density at radius 3 is 0.756 bits per heavy atom. The summed E-state index contributed by atoms with van der Waals surface area (Å²) in [5, 5.41) is 95.8. The van der Waals surface area contributed by atoms with E-state index in [1.165, 1.54) is 24.3 Å². The molecule has 0 aliphatic rings. The van der Waals surface area contributed by atoms with Gasteiger partial charge in [0.15, 0.2) is 5.82 Å². The summed E-state index contributed by atoms with van der Waals surface area (Å²) in [4.78, 5) is 9.95. The number of nitriles is 9. The van der Waals surface area contributed by atoms with Crippen molar-refractivity contribution in [2.75, 3.05) is 0 Å². The fourth-order valence-electron chi connectivity index (χ4n) is 11.0. The number of aryl methyl sites for hydroxylation is 2. The van der Waals surface area contributed by atoms with E-state index in [1.54, 1.807) is 48.5 Å². The first kappa shape index (κ1) is 49.9. The van der Waals surface area contributed by atoms with Crippen molar-refractivity contribution >= 4 is 43.6 Å². The van der Waals surface area contributed by atoms with Crippen molar-refractivity contribution in [3.8, 4) is 122 Å². The van der Waals surface area contributed by atoms with Crippen molar-refractivity contribution < 1.29 is 0 Å². The van der Waals surface area contributed by atoms with Crippen molar-refractivity contribution in [2.45, 2.75) is 13.8 Å². The number of nitrogens with zero attached hydrogens (tertiary/aromatic N) is 13. The van der Waals surface area contributed by atoms with Gasteiger partial charge in [0.25, 0.3) is 0 Å². The van der Waals surface area contributed by atoms with Crippen molar-refractivity contribution in [3.05, 3.63) is 225 Å². The minimum absolute atomic E-state index is 0.213. The third kappa shape index (κ3) is 8.55. The zero-order chi connectivity index (χ0) is 56.9. The standard InChI is InChI=1S/C69H33N13/c1-39-11-40(2)80-69(79-39)57-28-67(81-63-24-49(53-16-41(30-70)12-42(17-53)31-71)3-7-58(63)59-8-4-50(25-64(59)81)54-18-43(32-72)13-44(19-54)33-73)62(38-78)68(29-57)82-65-26-51(55-20-45(34-74)14-46(21-55)35-75)5-9-60(65)61-10-6-52(27-66(61)82)56-22-47(36-76)15-48(23-56)37-77/h3-29H,1-2H3. The van der Waals surface area contributed by atoms with E-state index >= 15 is 0 Å². The van der Waals surface area contributed by atoms with Crippen LogP contribution in [0.4, 0.5) is 0 Å². The van der Waals surface area contributed by atoms with Gasteiger partial charge in [0.1, 0.15) is 11.6 Å². The smallest absolute Gasteiger partial charge is 0.159 e. The molecule has 0 radical (unpaired) electrons. The maximum absolute atomic E-state index is 12.1. The first-order valence-electron chi connectivity index (χ1n) is 25.4. The van der Waals surface area contributed by atoms with Crippen LogP contribution in [-0.4, -0.2) is 19.1 Å². The molecule has 13 heteroatoms. The second kappa shape index (κ2) is 19.9. The molecule has 12 rings (SSSR count). The van der Waals surface area contributed by atoms with E-state index in [1.807, 2.05) is 114 Å². The van der Waals surface area contributed by atoms with E-state index in [4.69, 9.17) is 9.97 Å². The highest BCUT2D eigenvalue weighted by Gasteiger charge is 2.25. The summed E-state index contributed by atoms with van der Waals surface area (Å²) in [7, 11) is 0.